The number of fused-ring (bicyclic) bond motifs is 1. The summed E-state index contributed by atoms with van der Waals surface area (Å²) in [4.78, 5) is 25.4. The van der Waals surface area contributed by atoms with Crippen LogP contribution in [0.5, 0.6) is 5.75 Å². The molecule has 1 aliphatic heterocycles. The van der Waals surface area contributed by atoms with Gasteiger partial charge in [-0.15, -0.1) is 0 Å². The molecule has 0 N–H and O–H groups in total. The third kappa shape index (κ3) is 4.46. The molecule has 1 atom stereocenters. The number of anilines is 1. The Morgan fingerprint density at radius 1 is 1.28 bits per heavy atom. The fourth-order valence-corrected chi connectivity index (χ4v) is 3.99. The van der Waals surface area contributed by atoms with E-state index in [1.54, 1.807) is 30.3 Å². The van der Waals surface area contributed by atoms with Gasteiger partial charge in [0.25, 0.3) is 6.01 Å². The number of hydrogen-bond acceptors (Lipinski definition) is 7. The van der Waals surface area contributed by atoms with Gasteiger partial charge in [-0.05, 0) is 52.0 Å². The zero-order valence-corrected chi connectivity index (χ0v) is 19.6. The van der Waals surface area contributed by atoms with E-state index in [-0.39, 0.29) is 12.1 Å². The second kappa shape index (κ2) is 8.50. The molecule has 0 bridgehead atoms. The number of carbonyl (C=O) groups is 1. The zero-order valence-electron chi connectivity index (χ0n) is 18.9. The minimum absolute atomic E-state index is 0.00682. The van der Waals surface area contributed by atoms with Crippen molar-refractivity contribution in [1.29, 1.82) is 0 Å². The van der Waals surface area contributed by atoms with Crippen molar-refractivity contribution in [3.05, 3.63) is 35.5 Å². The Morgan fingerprint density at radius 2 is 2.06 bits per heavy atom. The number of halogens is 1. The maximum absolute atomic E-state index is 12.5. The number of piperazine rings is 1. The highest BCUT2D eigenvalue weighted by atomic mass is 35.5. The molecule has 1 aliphatic rings. The minimum atomic E-state index is -0.528. The van der Waals surface area contributed by atoms with Gasteiger partial charge in [-0.3, -0.25) is 4.98 Å². The molecule has 32 heavy (non-hydrogen) atoms. The molecule has 2 aromatic heterocycles. The van der Waals surface area contributed by atoms with Gasteiger partial charge in [0, 0.05) is 36.9 Å². The Hall–Kier alpha value is -3.00. The van der Waals surface area contributed by atoms with Crippen molar-refractivity contribution < 1.29 is 18.7 Å². The summed E-state index contributed by atoms with van der Waals surface area (Å²) < 4.78 is 17.2. The van der Waals surface area contributed by atoms with Gasteiger partial charge < -0.3 is 23.7 Å². The maximum Gasteiger partial charge on any atom is 0.410 e. The van der Waals surface area contributed by atoms with Crippen LogP contribution in [-0.2, 0) is 4.74 Å². The highest BCUT2D eigenvalue weighted by Gasteiger charge is 2.32. The van der Waals surface area contributed by atoms with Crippen molar-refractivity contribution in [2.45, 2.75) is 39.3 Å². The molecule has 1 saturated heterocycles. The summed E-state index contributed by atoms with van der Waals surface area (Å²) in [5, 5.41) is 0.530. The first kappa shape index (κ1) is 22.2. The Morgan fingerprint density at radius 3 is 2.75 bits per heavy atom. The standard InChI is InChI=1S/C23H27ClN4O4/c1-14-13-27(22(29)32-23(2,3)4)9-10-28(14)21-26-17-12-15(24)11-16(20(17)31-21)19-18(30-5)7-6-8-25-19/h6-8,11-12,14H,9-10,13H2,1-5H3. The SMILES string of the molecule is COc1cccnc1-c1cc(Cl)cc2nc(N3CCN(C(=O)OC(C)(C)C)CC3C)oc12. The van der Waals surface area contributed by atoms with Crippen LogP contribution in [0.4, 0.5) is 10.8 Å². The Kier molecular flexibility index (Phi) is 5.90. The monoisotopic (exact) mass is 458 g/mol. The number of carbonyl (C=O) groups excluding carboxylic acids is 1. The second-order valence-corrected chi connectivity index (χ2v) is 9.26. The van der Waals surface area contributed by atoms with Gasteiger partial charge in [0.1, 0.15) is 22.6 Å². The summed E-state index contributed by atoms with van der Waals surface area (Å²) in [7, 11) is 1.60. The summed E-state index contributed by atoms with van der Waals surface area (Å²) in [5.41, 5.74) is 2.04. The number of nitrogens with zero attached hydrogens (tertiary/aromatic N) is 4. The molecular weight excluding hydrogens is 432 g/mol. The summed E-state index contributed by atoms with van der Waals surface area (Å²) in [6.45, 7) is 9.21. The van der Waals surface area contributed by atoms with Crippen molar-refractivity contribution in [1.82, 2.24) is 14.9 Å². The highest BCUT2D eigenvalue weighted by Crippen LogP contribution is 2.38. The van der Waals surface area contributed by atoms with E-state index >= 15 is 0 Å². The lowest BCUT2D eigenvalue weighted by Gasteiger charge is -2.39. The third-order valence-corrected chi connectivity index (χ3v) is 5.43. The second-order valence-electron chi connectivity index (χ2n) is 8.82. The van der Waals surface area contributed by atoms with Gasteiger partial charge >= 0.3 is 6.09 Å². The molecule has 0 spiro atoms. The summed E-state index contributed by atoms with van der Waals surface area (Å²) in [6.07, 6.45) is 1.39. The van der Waals surface area contributed by atoms with Gasteiger partial charge in [-0.1, -0.05) is 11.6 Å². The van der Waals surface area contributed by atoms with E-state index in [4.69, 9.17) is 30.5 Å². The molecule has 0 aliphatic carbocycles. The molecular formula is C23H27ClN4O4. The fraction of sp³-hybridized carbons (Fsp3) is 0.435. The van der Waals surface area contributed by atoms with Crippen LogP contribution in [0.15, 0.2) is 34.9 Å². The number of methoxy groups -OCH3 is 1. The smallest absolute Gasteiger partial charge is 0.410 e. The number of hydrogen-bond donors (Lipinski definition) is 0. The Balaban J connectivity index is 1.63. The predicted octanol–water partition coefficient (Wildman–Crippen LogP) is 5.00. The molecule has 8 nitrogen and oxygen atoms in total. The topological polar surface area (TPSA) is 80.9 Å². The van der Waals surface area contributed by atoms with Crippen LogP contribution in [0.2, 0.25) is 5.02 Å². The summed E-state index contributed by atoms with van der Waals surface area (Å²) in [5.74, 6) is 0.619. The number of benzene rings is 1. The van der Waals surface area contributed by atoms with Crippen LogP contribution in [0.25, 0.3) is 22.4 Å². The van der Waals surface area contributed by atoms with Crippen LogP contribution in [0, 0.1) is 0 Å². The van der Waals surface area contributed by atoms with Crippen LogP contribution >= 0.6 is 11.6 Å². The molecule has 9 heteroatoms. The average molecular weight is 459 g/mol. The molecule has 1 aromatic carbocycles. The van der Waals surface area contributed by atoms with E-state index < -0.39 is 5.60 Å². The summed E-state index contributed by atoms with van der Waals surface area (Å²) >= 11 is 6.38. The van der Waals surface area contributed by atoms with Crippen LogP contribution < -0.4 is 9.64 Å². The number of pyridine rings is 1. The van der Waals surface area contributed by atoms with Crippen LogP contribution in [-0.4, -0.2) is 59.3 Å². The van der Waals surface area contributed by atoms with Gasteiger partial charge in [-0.2, -0.15) is 4.98 Å². The largest absolute Gasteiger partial charge is 0.494 e. The van der Waals surface area contributed by atoms with Crippen LogP contribution in [0.3, 0.4) is 0 Å². The molecule has 1 amide bonds. The molecule has 4 rings (SSSR count). The molecule has 1 unspecified atom stereocenters. The zero-order chi connectivity index (χ0) is 23.0. The first-order chi connectivity index (χ1) is 15.2. The number of oxazole rings is 1. The van der Waals surface area contributed by atoms with E-state index in [0.717, 1.165) is 0 Å². The van der Waals surface area contributed by atoms with Crippen LogP contribution in [0.1, 0.15) is 27.7 Å². The molecule has 1 fully saturated rings. The third-order valence-electron chi connectivity index (χ3n) is 5.21. The quantitative estimate of drug-likeness (QED) is 0.546. The normalized spacial score (nSPS) is 17.0. The van der Waals surface area contributed by atoms with Crippen molar-refractivity contribution in [3.63, 3.8) is 0 Å². The van der Waals surface area contributed by atoms with Gasteiger partial charge in [-0.25, -0.2) is 4.79 Å². The number of rotatable bonds is 3. The molecule has 170 valence electrons. The van der Waals surface area contributed by atoms with E-state index in [1.165, 1.54) is 0 Å². The lowest BCUT2D eigenvalue weighted by Crippen LogP contribution is -2.54. The highest BCUT2D eigenvalue weighted by molar-refractivity contribution is 6.31. The van der Waals surface area contributed by atoms with Crippen molar-refractivity contribution in [3.8, 4) is 17.0 Å². The molecule has 3 aromatic rings. The number of ether oxygens (including phenoxy) is 2. The van der Waals surface area contributed by atoms with Gasteiger partial charge in [0.2, 0.25) is 0 Å². The van der Waals surface area contributed by atoms with Crippen molar-refractivity contribution in [2.24, 2.45) is 0 Å². The Labute approximate surface area is 192 Å². The summed E-state index contributed by atoms with van der Waals surface area (Å²) in [6, 6.07) is 7.69. The number of amides is 1. The lowest BCUT2D eigenvalue weighted by molar-refractivity contribution is 0.0216. The van der Waals surface area contributed by atoms with E-state index in [1.807, 2.05) is 44.7 Å². The first-order valence-corrected chi connectivity index (χ1v) is 10.9. The molecule has 0 radical (unpaired) electrons. The minimum Gasteiger partial charge on any atom is -0.494 e. The fourth-order valence-electron chi connectivity index (χ4n) is 3.78. The predicted molar refractivity (Wildman–Crippen MR) is 123 cm³/mol. The van der Waals surface area contributed by atoms with E-state index in [2.05, 4.69) is 4.98 Å². The maximum atomic E-state index is 12.5. The average Bonchev–Trinajstić information content (AvgIpc) is 3.15. The van der Waals surface area contributed by atoms with Crippen molar-refractivity contribution >= 4 is 34.8 Å². The molecule has 0 saturated carbocycles. The molecule has 3 heterocycles. The lowest BCUT2D eigenvalue weighted by atomic mass is 10.1. The number of aromatic nitrogens is 2. The first-order valence-electron chi connectivity index (χ1n) is 10.5. The van der Waals surface area contributed by atoms with Crippen molar-refractivity contribution in [2.75, 3.05) is 31.6 Å². The Bertz CT molecular complexity index is 1140. The van der Waals surface area contributed by atoms with Gasteiger partial charge in [0.05, 0.1) is 12.7 Å². The van der Waals surface area contributed by atoms with Gasteiger partial charge in [0.15, 0.2) is 5.58 Å². The van der Waals surface area contributed by atoms with E-state index in [9.17, 15) is 4.79 Å². The van der Waals surface area contributed by atoms with E-state index in [0.29, 0.717) is 58.8 Å².